The first-order valence-corrected chi connectivity index (χ1v) is 6.07. The summed E-state index contributed by atoms with van der Waals surface area (Å²) in [7, 11) is 0. The lowest BCUT2D eigenvalue weighted by atomic mass is 10.1. The standard InChI is InChI=1S/C13H9ClFN3O3/c14-9-6-7(4-5-11(9)18(20)21)17-13(19)8-2-1-3-10(15)12(8)16/h1-6H,16H2,(H,17,19). The van der Waals surface area contributed by atoms with Gasteiger partial charge >= 0.3 is 0 Å². The number of rotatable bonds is 3. The number of benzene rings is 2. The normalized spacial score (nSPS) is 10.2. The summed E-state index contributed by atoms with van der Waals surface area (Å²) in [5.41, 5.74) is 5.12. The van der Waals surface area contributed by atoms with Gasteiger partial charge in [0.15, 0.2) is 0 Å². The maximum atomic E-state index is 13.3. The number of hydrogen-bond acceptors (Lipinski definition) is 4. The van der Waals surface area contributed by atoms with Crippen LogP contribution in [0.1, 0.15) is 10.4 Å². The molecule has 8 heteroatoms. The Kier molecular flexibility index (Phi) is 4.04. The van der Waals surface area contributed by atoms with Gasteiger partial charge in [-0.15, -0.1) is 0 Å². The van der Waals surface area contributed by atoms with Gasteiger partial charge < -0.3 is 11.1 Å². The Morgan fingerprint density at radius 1 is 1.33 bits per heavy atom. The minimum absolute atomic E-state index is 0.0375. The fourth-order valence-electron chi connectivity index (χ4n) is 1.67. The highest BCUT2D eigenvalue weighted by Crippen LogP contribution is 2.27. The first-order valence-electron chi connectivity index (χ1n) is 5.69. The molecule has 0 atom stereocenters. The molecule has 0 unspecified atom stereocenters. The number of amides is 1. The van der Waals surface area contributed by atoms with E-state index in [4.69, 9.17) is 17.3 Å². The van der Waals surface area contributed by atoms with Crippen molar-refractivity contribution in [1.29, 1.82) is 0 Å². The number of anilines is 2. The summed E-state index contributed by atoms with van der Waals surface area (Å²) in [6.07, 6.45) is 0. The molecule has 1 amide bonds. The summed E-state index contributed by atoms with van der Waals surface area (Å²) in [6.45, 7) is 0. The van der Waals surface area contributed by atoms with Crippen molar-refractivity contribution < 1.29 is 14.1 Å². The Bertz CT molecular complexity index is 737. The van der Waals surface area contributed by atoms with Gasteiger partial charge in [-0.2, -0.15) is 0 Å². The van der Waals surface area contributed by atoms with E-state index in [9.17, 15) is 19.3 Å². The second-order valence-corrected chi connectivity index (χ2v) is 4.49. The number of nitro benzene ring substituents is 1. The number of nitrogens with one attached hydrogen (secondary N) is 1. The average molecular weight is 310 g/mol. The average Bonchev–Trinajstić information content (AvgIpc) is 2.41. The van der Waals surface area contributed by atoms with Gasteiger partial charge in [0.05, 0.1) is 16.2 Å². The van der Waals surface area contributed by atoms with Gasteiger partial charge in [0.1, 0.15) is 10.8 Å². The van der Waals surface area contributed by atoms with Crippen molar-refractivity contribution in [3.63, 3.8) is 0 Å². The molecule has 2 aromatic rings. The Hall–Kier alpha value is -2.67. The molecule has 21 heavy (non-hydrogen) atoms. The molecular formula is C13H9ClFN3O3. The number of nitro groups is 1. The van der Waals surface area contributed by atoms with E-state index < -0.39 is 16.6 Å². The van der Waals surface area contributed by atoms with Crippen LogP contribution in [-0.4, -0.2) is 10.8 Å². The van der Waals surface area contributed by atoms with Gasteiger partial charge in [-0.05, 0) is 24.3 Å². The van der Waals surface area contributed by atoms with E-state index in [1.165, 1.54) is 24.3 Å². The fourth-order valence-corrected chi connectivity index (χ4v) is 1.92. The molecule has 0 saturated heterocycles. The Morgan fingerprint density at radius 3 is 2.67 bits per heavy atom. The molecule has 0 radical (unpaired) electrons. The summed E-state index contributed by atoms with van der Waals surface area (Å²) in [5, 5.41) is 13.0. The zero-order valence-electron chi connectivity index (χ0n) is 10.5. The van der Waals surface area contributed by atoms with Crippen LogP contribution in [0, 0.1) is 15.9 Å². The van der Waals surface area contributed by atoms with E-state index in [1.807, 2.05) is 0 Å². The van der Waals surface area contributed by atoms with E-state index in [1.54, 1.807) is 0 Å². The van der Waals surface area contributed by atoms with Gasteiger partial charge in [0.25, 0.3) is 11.6 Å². The zero-order valence-corrected chi connectivity index (χ0v) is 11.2. The second-order valence-electron chi connectivity index (χ2n) is 4.08. The lowest BCUT2D eigenvalue weighted by Gasteiger charge is -2.08. The summed E-state index contributed by atoms with van der Waals surface area (Å²) in [6, 6.07) is 7.55. The Labute approximate surface area is 123 Å². The van der Waals surface area contributed by atoms with Crippen LogP contribution in [-0.2, 0) is 0 Å². The van der Waals surface area contributed by atoms with Crippen LogP contribution in [0.3, 0.4) is 0 Å². The number of hydrogen-bond donors (Lipinski definition) is 2. The molecule has 0 bridgehead atoms. The van der Waals surface area contributed by atoms with Crippen LogP contribution in [0.2, 0.25) is 5.02 Å². The summed E-state index contributed by atoms with van der Waals surface area (Å²) in [4.78, 5) is 22.0. The van der Waals surface area contributed by atoms with Crippen molar-refractivity contribution in [3.8, 4) is 0 Å². The predicted octanol–water partition coefficient (Wildman–Crippen LogP) is 3.22. The minimum atomic E-state index is -0.704. The molecule has 6 nitrogen and oxygen atoms in total. The van der Waals surface area contributed by atoms with E-state index in [0.717, 1.165) is 12.1 Å². The number of nitrogens with two attached hydrogens (primary N) is 1. The summed E-state index contributed by atoms with van der Waals surface area (Å²) in [5.74, 6) is -1.35. The number of carbonyl (C=O) groups is 1. The Morgan fingerprint density at radius 2 is 2.05 bits per heavy atom. The second kappa shape index (κ2) is 5.76. The molecule has 0 aliphatic rings. The molecule has 2 aromatic carbocycles. The molecule has 0 aliphatic carbocycles. The third-order valence-corrected chi connectivity index (χ3v) is 3.00. The Balaban J connectivity index is 2.26. The van der Waals surface area contributed by atoms with Crippen LogP contribution < -0.4 is 11.1 Å². The van der Waals surface area contributed by atoms with Gasteiger partial charge in [-0.25, -0.2) is 4.39 Å². The first-order chi connectivity index (χ1) is 9.90. The molecular weight excluding hydrogens is 301 g/mol. The molecule has 0 heterocycles. The molecule has 0 aromatic heterocycles. The van der Waals surface area contributed by atoms with Gasteiger partial charge in [0.2, 0.25) is 0 Å². The summed E-state index contributed by atoms with van der Waals surface area (Å²) >= 11 is 5.73. The third kappa shape index (κ3) is 3.09. The molecule has 0 spiro atoms. The van der Waals surface area contributed by atoms with Crippen LogP contribution in [0.15, 0.2) is 36.4 Å². The fraction of sp³-hybridized carbons (Fsp3) is 0. The highest BCUT2D eigenvalue weighted by molar-refractivity contribution is 6.33. The predicted molar refractivity (Wildman–Crippen MR) is 76.9 cm³/mol. The first kappa shape index (κ1) is 14.7. The monoisotopic (exact) mass is 309 g/mol. The number of nitrogen functional groups attached to an aromatic ring is 1. The largest absolute Gasteiger partial charge is 0.396 e. The maximum Gasteiger partial charge on any atom is 0.288 e. The van der Waals surface area contributed by atoms with Crippen molar-refractivity contribution in [1.82, 2.24) is 0 Å². The zero-order chi connectivity index (χ0) is 15.6. The van der Waals surface area contributed by atoms with E-state index in [0.29, 0.717) is 0 Å². The number of halogens is 2. The van der Waals surface area contributed by atoms with Crippen LogP contribution in [0.5, 0.6) is 0 Å². The van der Waals surface area contributed by atoms with Crippen molar-refractivity contribution in [2.24, 2.45) is 0 Å². The minimum Gasteiger partial charge on any atom is -0.396 e. The molecule has 0 saturated carbocycles. The van der Waals surface area contributed by atoms with E-state index in [2.05, 4.69) is 5.32 Å². The molecule has 3 N–H and O–H groups in total. The molecule has 2 rings (SSSR count). The summed E-state index contributed by atoms with van der Waals surface area (Å²) < 4.78 is 13.3. The van der Waals surface area contributed by atoms with Gasteiger partial charge in [0, 0.05) is 11.8 Å². The number of carbonyl (C=O) groups excluding carboxylic acids is 1. The van der Waals surface area contributed by atoms with Crippen molar-refractivity contribution >= 4 is 34.6 Å². The smallest absolute Gasteiger partial charge is 0.288 e. The number of para-hydroxylation sites is 1. The SMILES string of the molecule is Nc1c(F)cccc1C(=O)Nc1ccc([N+](=O)[O-])c(Cl)c1. The van der Waals surface area contributed by atoms with Crippen molar-refractivity contribution in [2.45, 2.75) is 0 Å². The van der Waals surface area contributed by atoms with Crippen LogP contribution in [0.25, 0.3) is 0 Å². The lowest BCUT2D eigenvalue weighted by molar-refractivity contribution is -0.384. The van der Waals surface area contributed by atoms with Crippen molar-refractivity contribution in [2.75, 3.05) is 11.1 Å². The topological polar surface area (TPSA) is 98.3 Å². The van der Waals surface area contributed by atoms with E-state index in [-0.39, 0.29) is 27.6 Å². The van der Waals surface area contributed by atoms with Gasteiger partial charge in [-0.3, -0.25) is 14.9 Å². The van der Waals surface area contributed by atoms with Gasteiger partial charge in [-0.1, -0.05) is 17.7 Å². The third-order valence-electron chi connectivity index (χ3n) is 2.70. The molecule has 108 valence electrons. The highest BCUT2D eigenvalue weighted by atomic mass is 35.5. The molecule has 0 aliphatic heterocycles. The van der Waals surface area contributed by atoms with Crippen molar-refractivity contribution in [3.05, 3.63) is 62.9 Å². The molecule has 0 fully saturated rings. The van der Waals surface area contributed by atoms with Crippen LogP contribution >= 0.6 is 11.6 Å². The quantitative estimate of drug-likeness (QED) is 0.516. The maximum absolute atomic E-state index is 13.3. The lowest BCUT2D eigenvalue weighted by Crippen LogP contribution is -2.14. The van der Waals surface area contributed by atoms with E-state index >= 15 is 0 Å². The van der Waals surface area contributed by atoms with Crippen LogP contribution in [0.4, 0.5) is 21.5 Å². The highest BCUT2D eigenvalue weighted by Gasteiger charge is 2.16. The number of nitrogens with zero attached hydrogens (tertiary/aromatic N) is 1.